The number of fused-ring (bicyclic) bond motifs is 2. The minimum Gasteiger partial charge on any atom is -0.478 e. The van der Waals surface area contributed by atoms with Crippen molar-refractivity contribution >= 4 is 75.2 Å². The lowest BCUT2D eigenvalue weighted by atomic mass is 9.69. The molecular weight excluding hydrogens is 852 g/mol. The average molecular weight is 907 g/mol. The number of nitrogens with zero attached hydrogens (tertiary/aromatic N) is 7. The zero-order chi connectivity index (χ0) is 45.9. The predicted octanol–water partition coefficient (Wildman–Crippen LogP) is 4.89. The molecule has 1 atom stereocenters. The molecule has 4 fully saturated rings. The zero-order valence-electron chi connectivity index (χ0n) is 37.4. The van der Waals surface area contributed by atoms with E-state index in [0.717, 1.165) is 86.4 Å². The van der Waals surface area contributed by atoms with Gasteiger partial charge in [-0.1, -0.05) is 11.6 Å². The van der Waals surface area contributed by atoms with Crippen LogP contribution in [0.25, 0.3) is 10.9 Å². The maximum absolute atomic E-state index is 13.4. The van der Waals surface area contributed by atoms with E-state index in [-0.39, 0.29) is 53.7 Å². The third-order valence-electron chi connectivity index (χ3n) is 14.4. The fourth-order valence-corrected chi connectivity index (χ4v) is 10.6. The fraction of sp³-hybridized carbons (Fsp3) is 0.489. The molecule has 5 aliphatic rings. The van der Waals surface area contributed by atoms with Crippen LogP contribution >= 0.6 is 11.6 Å². The number of hydrogen-bond acceptors (Lipinski definition) is 13. The highest BCUT2D eigenvalue weighted by molar-refractivity contribution is 6.33. The molecule has 0 radical (unpaired) electrons. The molecule has 18 heteroatoms. The summed E-state index contributed by atoms with van der Waals surface area (Å²) >= 11 is 6.65. The van der Waals surface area contributed by atoms with Gasteiger partial charge in [-0.25, -0.2) is 4.98 Å². The molecule has 5 aliphatic heterocycles. The van der Waals surface area contributed by atoms with Crippen LogP contribution in [0.1, 0.15) is 93.0 Å². The third-order valence-corrected chi connectivity index (χ3v) is 14.7. The average Bonchev–Trinajstić information content (AvgIpc) is 3.52. The first-order valence-electron chi connectivity index (χ1n) is 22.5. The van der Waals surface area contributed by atoms with Crippen LogP contribution < -0.4 is 36.0 Å². The van der Waals surface area contributed by atoms with Crippen LogP contribution in [0.15, 0.2) is 53.5 Å². The van der Waals surface area contributed by atoms with Gasteiger partial charge in [0.2, 0.25) is 17.8 Å². The molecule has 7 heterocycles. The molecule has 2 aromatic heterocycles. The molecule has 1 unspecified atom stereocenters. The lowest BCUT2D eigenvalue weighted by molar-refractivity contribution is -0.136. The highest BCUT2D eigenvalue weighted by Crippen LogP contribution is 2.46. The fourth-order valence-electron chi connectivity index (χ4n) is 10.5. The highest BCUT2D eigenvalue weighted by atomic mass is 35.5. The van der Waals surface area contributed by atoms with Crippen LogP contribution in [0, 0.1) is 11.3 Å². The van der Waals surface area contributed by atoms with Crippen molar-refractivity contribution in [3.8, 4) is 5.75 Å². The molecule has 9 rings (SSSR count). The second kappa shape index (κ2) is 17.1. The van der Waals surface area contributed by atoms with Gasteiger partial charge in [-0.15, -0.1) is 0 Å². The van der Waals surface area contributed by atoms with E-state index >= 15 is 0 Å². The number of carbonyl (C=O) groups excluding carboxylic acids is 5. The Balaban J connectivity index is 0.793. The number of rotatable bonds is 11. The van der Waals surface area contributed by atoms with E-state index in [9.17, 15) is 28.8 Å². The molecule has 17 nitrogen and oxygen atoms in total. The van der Waals surface area contributed by atoms with E-state index in [1.807, 2.05) is 38.1 Å². The SMILES string of the molecule is CNC(=O)COc1cc2cc(Nc3nc(N4CCC(C(C)(C)N5CCC6(CC5)CN(c5ccc7c(c5)C(=O)N(C5CCC(=O)NC5=O)C7=O)C6)CC4)ncc3Cl)ccc2n(C(C)C)c1=O. The Hall–Kier alpha value is -6.07. The summed E-state index contributed by atoms with van der Waals surface area (Å²) in [6.45, 7) is 13.7. The minimum atomic E-state index is -0.980. The van der Waals surface area contributed by atoms with Crippen molar-refractivity contribution in [1.29, 1.82) is 0 Å². The molecule has 5 amide bonds. The van der Waals surface area contributed by atoms with Gasteiger partial charge < -0.3 is 29.7 Å². The van der Waals surface area contributed by atoms with Crippen molar-refractivity contribution in [2.75, 3.05) is 68.0 Å². The summed E-state index contributed by atoms with van der Waals surface area (Å²) in [6.07, 6.45) is 5.98. The van der Waals surface area contributed by atoms with Gasteiger partial charge in [-0.05, 0) is 121 Å². The number of piperidine rings is 3. The lowest BCUT2D eigenvalue weighted by Gasteiger charge is -2.58. The first-order chi connectivity index (χ1) is 31.1. The van der Waals surface area contributed by atoms with Crippen LogP contribution in [-0.2, 0) is 14.4 Å². The molecule has 4 aromatic rings. The topological polar surface area (TPSA) is 191 Å². The van der Waals surface area contributed by atoms with Gasteiger partial charge in [-0.3, -0.25) is 43.9 Å². The van der Waals surface area contributed by atoms with Gasteiger partial charge in [0.25, 0.3) is 23.3 Å². The van der Waals surface area contributed by atoms with Crippen molar-refractivity contribution in [2.45, 2.75) is 83.8 Å². The Bertz CT molecular complexity index is 2660. The summed E-state index contributed by atoms with van der Waals surface area (Å²) in [6, 6.07) is 11.6. The second-order valence-electron chi connectivity index (χ2n) is 18.9. The number of pyridine rings is 1. The van der Waals surface area contributed by atoms with Gasteiger partial charge in [0, 0.05) is 73.4 Å². The van der Waals surface area contributed by atoms with Crippen molar-refractivity contribution in [3.63, 3.8) is 0 Å². The number of ether oxygens (including phenoxy) is 1. The molecule has 0 bridgehead atoms. The van der Waals surface area contributed by atoms with Gasteiger partial charge in [0.1, 0.15) is 11.1 Å². The number of carbonyl (C=O) groups is 5. The molecule has 0 aliphatic carbocycles. The highest BCUT2D eigenvalue weighted by Gasteiger charge is 2.49. The summed E-state index contributed by atoms with van der Waals surface area (Å²) in [4.78, 5) is 93.7. The Labute approximate surface area is 381 Å². The number of likely N-dealkylation sites (tertiary alicyclic amines) is 1. The minimum absolute atomic E-state index is 0.00400. The Morgan fingerprint density at radius 1 is 0.938 bits per heavy atom. The summed E-state index contributed by atoms with van der Waals surface area (Å²) in [5, 5.41) is 9.25. The van der Waals surface area contributed by atoms with Gasteiger partial charge in [0.05, 0.1) is 22.8 Å². The molecule has 2 aromatic carbocycles. The van der Waals surface area contributed by atoms with E-state index in [1.54, 1.807) is 29.0 Å². The Morgan fingerprint density at radius 3 is 2.35 bits per heavy atom. The van der Waals surface area contributed by atoms with Crippen LogP contribution in [0.4, 0.5) is 23.1 Å². The summed E-state index contributed by atoms with van der Waals surface area (Å²) in [5.74, 6) is -0.665. The monoisotopic (exact) mass is 906 g/mol. The van der Waals surface area contributed by atoms with Gasteiger partial charge in [0.15, 0.2) is 18.2 Å². The normalized spacial score (nSPS) is 20.4. The van der Waals surface area contributed by atoms with Gasteiger partial charge in [-0.2, -0.15) is 4.98 Å². The van der Waals surface area contributed by atoms with Crippen LogP contribution in [0.3, 0.4) is 0 Å². The van der Waals surface area contributed by atoms with Crippen molar-refractivity contribution in [3.05, 3.63) is 75.2 Å². The number of halogens is 1. The van der Waals surface area contributed by atoms with Crippen molar-refractivity contribution < 1.29 is 28.7 Å². The first-order valence-corrected chi connectivity index (χ1v) is 22.9. The van der Waals surface area contributed by atoms with Crippen LogP contribution in [-0.4, -0.2) is 118 Å². The quantitative estimate of drug-likeness (QED) is 0.173. The molecule has 65 heavy (non-hydrogen) atoms. The summed E-state index contributed by atoms with van der Waals surface area (Å²) in [7, 11) is 1.51. The van der Waals surface area contributed by atoms with Gasteiger partial charge >= 0.3 is 0 Å². The van der Waals surface area contributed by atoms with Crippen LogP contribution in [0.2, 0.25) is 5.02 Å². The number of amides is 5. The maximum Gasteiger partial charge on any atom is 0.293 e. The summed E-state index contributed by atoms with van der Waals surface area (Å²) in [5.41, 5.74) is 2.84. The first kappa shape index (κ1) is 44.1. The number of likely N-dealkylation sites (N-methyl/N-ethyl adjacent to an activating group) is 1. The molecule has 4 saturated heterocycles. The zero-order valence-corrected chi connectivity index (χ0v) is 38.2. The number of imide groups is 2. The Morgan fingerprint density at radius 2 is 1.66 bits per heavy atom. The van der Waals surface area contributed by atoms with Crippen molar-refractivity contribution in [1.82, 2.24) is 35.0 Å². The number of aromatic nitrogens is 3. The molecular formula is C47H55ClN10O7. The second-order valence-corrected chi connectivity index (χ2v) is 19.3. The van der Waals surface area contributed by atoms with E-state index in [2.05, 4.69) is 49.5 Å². The summed E-state index contributed by atoms with van der Waals surface area (Å²) < 4.78 is 7.28. The smallest absolute Gasteiger partial charge is 0.293 e. The largest absolute Gasteiger partial charge is 0.478 e. The van der Waals surface area contributed by atoms with E-state index < -0.39 is 29.7 Å². The lowest BCUT2D eigenvalue weighted by Crippen LogP contribution is -2.63. The number of nitrogens with one attached hydrogen (secondary N) is 3. The van der Waals surface area contributed by atoms with Crippen LogP contribution in [0.5, 0.6) is 5.75 Å². The maximum atomic E-state index is 13.4. The number of hydrogen-bond donors (Lipinski definition) is 3. The van der Waals surface area contributed by atoms with E-state index in [0.29, 0.717) is 39.5 Å². The van der Waals surface area contributed by atoms with E-state index in [1.165, 1.54) is 7.05 Å². The number of benzene rings is 2. The molecule has 342 valence electrons. The molecule has 3 N–H and O–H groups in total. The molecule has 1 spiro atoms. The standard InChI is InChI=1S/C47H55ClN10O7/c1-27(2)57-35-9-6-30(20-28(35)21-37(44(57)64)65-24-39(60)49-5)51-40-34(48)23-50-45(53-40)54-16-12-29(13-17-54)46(3,4)56-18-14-47(15-19-56)25-55(26-47)31-7-8-32-33(22-31)43(63)58(42(32)62)36-10-11-38(59)52-41(36)61/h6-9,20-23,27,29,36H,10-19,24-26H2,1-5H3,(H,49,60)(H,50,51,53)(H,52,59,61). The third kappa shape index (κ3) is 8.17. The molecule has 0 saturated carbocycles. The van der Waals surface area contributed by atoms with E-state index in [4.69, 9.17) is 21.3 Å². The number of anilines is 4. The Kier molecular flexibility index (Phi) is 11.6. The predicted molar refractivity (Wildman–Crippen MR) is 246 cm³/mol. The van der Waals surface area contributed by atoms with Crippen molar-refractivity contribution in [2.24, 2.45) is 11.3 Å².